The molecule has 2 amide bonds. The van der Waals surface area contributed by atoms with E-state index in [4.69, 9.17) is 5.26 Å². The Balaban J connectivity index is 2.09. The van der Waals surface area contributed by atoms with Crippen LogP contribution in [0.3, 0.4) is 0 Å². The van der Waals surface area contributed by atoms with Crippen LogP contribution in [0.15, 0.2) is 42.5 Å². The molecule has 100 valence electrons. The van der Waals surface area contributed by atoms with E-state index in [1.807, 2.05) is 25.1 Å². The van der Waals surface area contributed by atoms with Crippen LogP contribution >= 0.6 is 0 Å². The van der Waals surface area contributed by atoms with Gasteiger partial charge in [-0.05, 0) is 37.3 Å². The van der Waals surface area contributed by atoms with E-state index < -0.39 is 11.8 Å². The molecule has 0 saturated heterocycles. The summed E-state index contributed by atoms with van der Waals surface area (Å²) in [5.41, 5.74) is 2.05. The number of benzene rings is 2. The Bertz CT molecular complexity index is 675. The van der Waals surface area contributed by atoms with E-state index in [-0.39, 0.29) is 11.3 Å². The van der Waals surface area contributed by atoms with Gasteiger partial charge in [0.2, 0.25) is 0 Å². The number of amides is 2. The zero-order chi connectivity index (χ0) is 14.5. The second-order valence-electron chi connectivity index (χ2n) is 4.25. The monoisotopic (exact) mass is 269 g/mol. The van der Waals surface area contributed by atoms with E-state index >= 15 is 0 Å². The molecule has 0 aliphatic rings. The average Bonchev–Trinajstić information content (AvgIpc) is 2.43. The number of carbonyl (C=O) groups is 1. The SMILES string of the molecule is Cc1ccc(NC(=O)Nc2ccc(F)cc2C#N)cc1. The molecular weight excluding hydrogens is 257 g/mol. The van der Waals surface area contributed by atoms with Gasteiger partial charge >= 0.3 is 6.03 Å². The molecule has 20 heavy (non-hydrogen) atoms. The lowest BCUT2D eigenvalue weighted by Gasteiger charge is -2.09. The molecule has 0 radical (unpaired) electrons. The molecule has 0 unspecified atom stereocenters. The number of anilines is 2. The van der Waals surface area contributed by atoms with Crippen LogP contribution in [0.4, 0.5) is 20.6 Å². The molecule has 0 aliphatic heterocycles. The van der Waals surface area contributed by atoms with Gasteiger partial charge in [-0.1, -0.05) is 17.7 Å². The van der Waals surface area contributed by atoms with Gasteiger partial charge in [0.25, 0.3) is 0 Å². The smallest absolute Gasteiger partial charge is 0.308 e. The Labute approximate surface area is 115 Å². The largest absolute Gasteiger partial charge is 0.323 e. The van der Waals surface area contributed by atoms with E-state index in [1.165, 1.54) is 12.1 Å². The molecule has 0 aliphatic carbocycles. The third-order valence-electron chi connectivity index (χ3n) is 2.66. The van der Waals surface area contributed by atoms with Gasteiger partial charge in [0.1, 0.15) is 11.9 Å². The van der Waals surface area contributed by atoms with Crippen molar-refractivity contribution in [1.29, 1.82) is 5.26 Å². The lowest BCUT2D eigenvalue weighted by molar-refractivity contribution is 0.262. The van der Waals surface area contributed by atoms with Crippen LogP contribution in [0.1, 0.15) is 11.1 Å². The van der Waals surface area contributed by atoms with Crippen LogP contribution in [-0.2, 0) is 0 Å². The highest BCUT2D eigenvalue weighted by molar-refractivity contribution is 6.00. The van der Waals surface area contributed by atoms with Gasteiger partial charge in [0.05, 0.1) is 11.3 Å². The minimum Gasteiger partial charge on any atom is -0.308 e. The number of hydrogen-bond acceptors (Lipinski definition) is 2. The number of urea groups is 1. The summed E-state index contributed by atoms with van der Waals surface area (Å²) < 4.78 is 13.0. The number of nitrogens with zero attached hydrogens (tertiary/aromatic N) is 1. The Morgan fingerprint density at radius 3 is 2.50 bits per heavy atom. The fraction of sp³-hybridized carbons (Fsp3) is 0.0667. The summed E-state index contributed by atoms with van der Waals surface area (Å²) in [6.45, 7) is 1.95. The quantitative estimate of drug-likeness (QED) is 0.874. The van der Waals surface area contributed by atoms with Gasteiger partial charge in [0.15, 0.2) is 0 Å². The number of nitriles is 1. The Kier molecular flexibility index (Phi) is 3.96. The predicted octanol–water partition coefficient (Wildman–Crippen LogP) is 3.65. The van der Waals surface area contributed by atoms with Crippen LogP contribution in [0.2, 0.25) is 0 Å². The van der Waals surface area contributed by atoms with Crippen molar-refractivity contribution in [2.45, 2.75) is 6.92 Å². The highest BCUT2D eigenvalue weighted by Gasteiger charge is 2.07. The summed E-state index contributed by atoms with van der Waals surface area (Å²) in [6.07, 6.45) is 0. The van der Waals surface area contributed by atoms with Gasteiger partial charge in [0, 0.05) is 5.69 Å². The summed E-state index contributed by atoms with van der Waals surface area (Å²) in [5.74, 6) is -0.522. The number of carbonyl (C=O) groups excluding carboxylic acids is 1. The fourth-order valence-corrected chi connectivity index (χ4v) is 1.64. The number of nitrogens with one attached hydrogen (secondary N) is 2. The molecule has 0 saturated carbocycles. The maximum Gasteiger partial charge on any atom is 0.323 e. The highest BCUT2D eigenvalue weighted by atomic mass is 19.1. The number of halogens is 1. The summed E-state index contributed by atoms with van der Waals surface area (Å²) in [4.78, 5) is 11.8. The Morgan fingerprint density at radius 1 is 1.15 bits per heavy atom. The third-order valence-corrected chi connectivity index (χ3v) is 2.66. The topological polar surface area (TPSA) is 64.9 Å². The fourth-order valence-electron chi connectivity index (χ4n) is 1.64. The first-order valence-corrected chi connectivity index (χ1v) is 5.93. The standard InChI is InChI=1S/C15H12FN3O/c1-10-2-5-13(6-3-10)18-15(20)19-14-7-4-12(16)8-11(14)9-17/h2-8H,1H3,(H2,18,19,20). The van der Waals surface area contributed by atoms with Gasteiger partial charge in [-0.3, -0.25) is 0 Å². The molecule has 2 N–H and O–H groups in total. The zero-order valence-corrected chi connectivity index (χ0v) is 10.8. The average molecular weight is 269 g/mol. The second-order valence-corrected chi connectivity index (χ2v) is 4.25. The maximum absolute atomic E-state index is 13.0. The number of rotatable bonds is 2. The first-order valence-electron chi connectivity index (χ1n) is 5.93. The summed E-state index contributed by atoms with van der Waals surface area (Å²) in [5, 5.41) is 14.0. The lowest BCUT2D eigenvalue weighted by atomic mass is 10.2. The molecule has 4 nitrogen and oxygen atoms in total. The van der Waals surface area contributed by atoms with Gasteiger partial charge in [-0.2, -0.15) is 5.26 Å². The van der Waals surface area contributed by atoms with E-state index in [9.17, 15) is 9.18 Å². The van der Waals surface area contributed by atoms with Crippen molar-refractivity contribution >= 4 is 17.4 Å². The number of hydrogen-bond donors (Lipinski definition) is 2. The van der Waals surface area contributed by atoms with Crippen LogP contribution in [-0.4, -0.2) is 6.03 Å². The first kappa shape index (κ1) is 13.6. The third kappa shape index (κ3) is 3.33. The molecule has 0 fully saturated rings. The van der Waals surface area contributed by atoms with Crippen molar-refractivity contribution in [3.63, 3.8) is 0 Å². The predicted molar refractivity (Wildman–Crippen MR) is 74.9 cm³/mol. The molecule has 5 heteroatoms. The van der Waals surface area contributed by atoms with Crippen molar-refractivity contribution in [2.75, 3.05) is 10.6 Å². The van der Waals surface area contributed by atoms with Crippen molar-refractivity contribution < 1.29 is 9.18 Å². The molecular formula is C15H12FN3O. The summed E-state index contributed by atoms with van der Waals surface area (Å²) in [7, 11) is 0. The molecule has 0 heterocycles. The summed E-state index contributed by atoms with van der Waals surface area (Å²) in [6, 6.07) is 12.2. The van der Waals surface area contributed by atoms with Crippen LogP contribution < -0.4 is 10.6 Å². The van der Waals surface area contributed by atoms with Gasteiger partial charge in [-0.25, -0.2) is 9.18 Å². The molecule has 0 bridgehead atoms. The molecule has 2 aromatic rings. The zero-order valence-electron chi connectivity index (χ0n) is 10.8. The summed E-state index contributed by atoms with van der Waals surface area (Å²) >= 11 is 0. The maximum atomic E-state index is 13.0. The Morgan fingerprint density at radius 2 is 1.85 bits per heavy atom. The van der Waals surface area contributed by atoms with Gasteiger partial charge in [-0.15, -0.1) is 0 Å². The highest BCUT2D eigenvalue weighted by Crippen LogP contribution is 2.16. The van der Waals surface area contributed by atoms with Gasteiger partial charge < -0.3 is 10.6 Å². The van der Waals surface area contributed by atoms with Crippen molar-refractivity contribution in [3.8, 4) is 6.07 Å². The van der Waals surface area contributed by atoms with E-state index in [1.54, 1.807) is 12.1 Å². The normalized spacial score (nSPS) is 9.65. The minimum atomic E-state index is -0.522. The van der Waals surface area contributed by atoms with E-state index in [0.717, 1.165) is 11.6 Å². The van der Waals surface area contributed by atoms with Crippen LogP contribution in [0.5, 0.6) is 0 Å². The molecule has 0 aromatic heterocycles. The molecule has 0 atom stereocenters. The number of aryl methyl sites for hydroxylation is 1. The molecule has 2 rings (SSSR count). The van der Waals surface area contributed by atoms with E-state index in [2.05, 4.69) is 10.6 Å². The van der Waals surface area contributed by atoms with E-state index in [0.29, 0.717) is 5.69 Å². The Hall–Kier alpha value is -2.87. The first-order chi connectivity index (χ1) is 9.58. The van der Waals surface area contributed by atoms with Crippen molar-refractivity contribution in [1.82, 2.24) is 0 Å². The van der Waals surface area contributed by atoms with Crippen LogP contribution in [0.25, 0.3) is 0 Å². The lowest BCUT2D eigenvalue weighted by Crippen LogP contribution is -2.20. The second kappa shape index (κ2) is 5.85. The minimum absolute atomic E-state index is 0.0732. The molecule has 0 spiro atoms. The van der Waals surface area contributed by atoms with Crippen molar-refractivity contribution in [2.24, 2.45) is 0 Å². The van der Waals surface area contributed by atoms with Crippen molar-refractivity contribution in [3.05, 3.63) is 59.4 Å². The molecule has 2 aromatic carbocycles. The van der Waals surface area contributed by atoms with Crippen LogP contribution in [0, 0.1) is 24.1 Å².